The summed E-state index contributed by atoms with van der Waals surface area (Å²) < 4.78 is 13.2. The molecule has 8 heteroatoms. The number of thioether (sulfide) groups is 1. The highest BCUT2D eigenvalue weighted by Gasteiger charge is 2.32. The molecule has 1 fully saturated rings. The van der Waals surface area contributed by atoms with Crippen molar-refractivity contribution in [1.82, 2.24) is 5.32 Å². The van der Waals surface area contributed by atoms with E-state index in [4.69, 9.17) is 11.6 Å². The minimum Gasteiger partial charge on any atom is -0.326 e. The zero-order chi connectivity index (χ0) is 19.6. The van der Waals surface area contributed by atoms with Gasteiger partial charge in [-0.3, -0.25) is 9.59 Å². The Morgan fingerprint density at radius 1 is 1.30 bits per heavy atom. The van der Waals surface area contributed by atoms with Gasteiger partial charge in [0.1, 0.15) is 11.1 Å². The van der Waals surface area contributed by atoms with E-state index in [9.17, 15) is 14.0 Å². The van der Waals surface area contributed by atoms with Crippen molar-refractivity contribution >= 4 is 51.7 Å². The quantitative estimate of drug-likeness (QED) is 0.794. The lowest BCUT2D eigenvalue weighted by Gasteiger charge is -2.08. The molecular formula is C19H17ClFN3O2S. The van der Waals surface area contributed by atoms with Crippen LogP contribution in [0.1, 0.15) is 17.5 Å². The highest BCUT2D eigenvalue weighted by Crippen LogP contribution is 2.28. The van der Waals surface area contributed by atoms with Crippen molar-refractivity contribution < 1.29 is 14.0 Å². The highest BCUT2D eigenvalue weighted by molar-refractivity contribution is 8.15. The maximum Gasteiger partial charge on any atom is 0.240 e. The first kappa shape index (κ1) is 19.4. The van der Waals surface area contributed by atoms with Crippen molar-refractivity contribution in [3.05, 3.63) is 58.4 Å². The molecule has 1 saturated heterocycles. The van der Waals surface area contributed by atoms with Crippen molar-refractivity contribution in [2.75, 3.05) is 5.32 Å². The van der Waals surface area contributed by atoms with Crippen LogP contribution in [0.2, 0.25) is 5.02 Å². The lowest BCUT2D eigenvalue weighted by molar-refractivity contribution is -0.122. The van der Waals surface area contributed by atoms with Gasteiger partial charge in [-0.15, -0.1) is 0 Å². The fourth-order valence-corrected chi connectivity index (χ4v) is 3.66. The zero-order valence-corrected chi connectivity index (χ0v) is 16.2. The van der Waals surface area contributed by atoms with Crippen LogP contribution in [0.25, 0.3) is 0 Å². The van der Waals surface area contributed by atoms with Gasteiger partial charge in [0, 0.05) is 12.1 Å². The van der Waals surface area contributed by atoms with E-state index in [-0.39, 0.29) is 23.3 Å². The number of nitrogens with zero attached hydrogens (tertiary/aromatic N) is 1. The molecular weight excluding hydrogens is 389 g/mol. The first-order valence-corrected chi connectivity index (χ1v) is 9.46. The number of carbonyl (C=O) groups excluding carboxylic acids is 2. The molecule has 1 aliphatic rings. The summed E-state index contributed by atoms with van der Waals surface area (Å²) >= 11 is 6.92. The third-order valence-electron chi connectivity index (χ3n) is 3.94. The molecule has 0 aliphatic carbocycles. The number of hydrogen-bond acceptors (Lipinski definition) is 4. The first-order chi connectivity index (χ1) is 12.8. The minimum atomic E-state index is -0.579. The maximum absolute atomic E-state index is 13.2. The molecule has 2 aromatic rings. The van der Waals surface area contributed by atoms with Crippen LogP contribution < -0.4 is 10.6 Å². The van der Waals surface area contributed by atoms with Crippen molar-refractivity contribution in [2.45, 2.75) is 25.5 Å². The van der Waals surface area contributed by atoms with E-state index in [1.54, 1.807) is 0 Å². The van der Waals surface area contributed by atoms with Crippen LogP contribution in [0.5, 0.6) is 0 Å². The summed E-state index contributed by atoms with van der Waals surface area (Å²) in [6, 6.07) is 9.80. The number of aliphatic imine (C=N–C) groups is 1. The predicted octanol–water partition coefficient (Wildman–Crippen LogP) is 4.34. The Balaban J connectivity index is 1.65. The van der Waals surface area contributed by atoms with Crippen molar-refractivity contribution in [1.29, 1.82) is 0 Å². The van der Waals surface area contributed by atoms with Gasteiger partial charge in [-0.1, -0.05) is 35.5 Å². The number of carbonyl (C=O) groups is 2. The number of nitrogens with one attached hydrogen (secondary N) is 2. The van der Waals surface area contributed by atoms with Gasteiger partial charge in [0.15, 0.2) is 5.17 Å². The van der Waals surface area contributed by atoms with Gasteiger partial charge in [0.25, 0.3) is 0 Å². The molecule has 2 N–H and O–H groups in total. The zero-order valence-electron chi connectivity index (χ0n) is 14.7. The van der Waals surface area contributed by atoms with Gasteiger partial charge in [0.2, 0.25) is 11.8 Å². The molecule has 2 aromatic carbocycles. The average molecular weight is 406 g/mol. The van der Waals surface area contributed by atoms with Crippen LogP contribution in [0.3, 0.4) is 0 Å². The Kier molecular flexibility index (Phi) is 5.82. The van der Waals surface area contributed by atoms with Gasteiger partial charge >= 0.3 is 0 Å². The fraction of sp³-hybridized carbons (Fsp3) is 0.211. The summed E-state index contributed by atoms with van der Waals surface area (Å²) in [5, 5.41) is 5.13. The second-order valence-electron chi connectivity index (χ2n) is 6.18. The highest BCUT2D eigenvalue weighted by atomic mass is 35.5. The molecule has 1 heterocycles. The van der Waals surface area contributed by atoms with E-state index in [1.165, 1.54) is 30.0 Å². The number of halogens is 2. The van der Waals surface area contributed by atoms with Gasteiger partial charge in [-0.05, 0) is 49.2 Å². The second-order valence-corrected chi connectivity index (χ2v) is 7.78. The number of hydrogen-bond donors (Lipinski definition) is 2. The molecule has 0 unspecified atom stereocenters. The van der Waals surface area contributed by atoms with Crippen LogP contribution >= 0.6 is 23.4 Å². The minimum absolute atomic E-state index is 0.0304. The molecule has 27 heavy (non-hydrogen) atoms. The Morgan fingerprint density at radius 3 is 2.81 bits per heavy atom. The Hall–Kier alpha value is -2.38. The molecule has 1 atom stereocenters. The standard InChI is InChI=1S/C19H17ClFN3O2S/c1-10-3-4-11(2)15(7-10)23-19-24-18(26)16(27-19)9-17(25)22-12-5-6-14(21)13(20)8-12/h3-8,16H,9H2,1-2H3,(H,22,25)(H,23,24,26)/t16-/m1/s1. The number of anilines is 1. The Morgan fingerprint density at radius 2 is 2.07 bits per heavy atom. The molecule has 3 rings (SSSR count). The third-order valence-corrected chi connectivity index (χ3v) is 5.31. The van der Waals surface area contributed by atoms with E-state index in [1.807, 2.05) is 32.0 Å². The van der Waals surface area contributed by atoms with E-state index in [0.29, 0.717) is 10.9 Å². The van der Waals surface area contributed by atoms with Gasteiger partial charge in [0.05, 0.1) is 10.7 Å². The third kappa shape index (κ3) is 4.87. The molecule has 0 bridgehead atoms. The number of benzene rings is 2. The molecule has 140 valence electrons. The fourth-order valence-electron chi connectivity index (χ4n) is 2.50. The molecule has 0 saturated carbocycles. The first-order valence-electron chi connectivity index (χ1n) is 8.20. The van der Waals surface area contributed by atoms with Crippen LogP contribution in [-0.4, -0.2) is 22.2 Å². The van der Waals surface area contributed by atoms with E-state index in [2.05, 4.69) is 15.6 Å². The normalized spacial score (nSPS) is 17.9. The molecule has 1 aliphatic heterocycles. The Labute approximate surface area is 165 Å². The van der Waals surface area contributed by atoms with Gasteiger partial charge in [-0.25, -0.2) is 9.38 Å². The molecule has 0 aromatic heterocycles. The summed E-state index contributed by atoms with van der Waals surface area (Å²) in [4.78, 5) is 28.8. The SMILES string of the molecule is Cc1ccc(C)c(N=C2NC(=O)[C@@H](CC(=O)Nc3ccc(F)c(Cl)c3)S2)c1. The van der Waals surface area contributed by atoms with Crippen LogP contribution in [0.15, 0.2) is 41.4 Å². The largest absolute Gasteiger partial charge is 0.326 e. The smallest absolute Gasteiger partial charge is 0.240 e. The van der Waals surface area contributed by atoms with Crippen LogP contribution in [0.4, 0.5) is 15.8 Å². The van der Waals surface area contributed by atoms with Gasteiger partial charge < -0.3 is 10.6 Å². The number of aryl methyl sites for hydroxylation is 2. The molecule has 0 radical (unpaired) electrons. The lowest BCUT2D eigenvalue weighted by Crippen LogP contribution is -2.28. The summed E-state index contributed by atoms with van der Waals surface area (Å²) in [6.07, 6.45) is -0.0304. The monoisotopic (exact) mass is 405 g/mol. The average Bonchev–Trinajstić information content (AvgIpc) is 2.93. The van der Waals surface area contributed by atoms with Crippen molar-refractivity contribution in [2.24, 2.45) is 4.99 Å². The molecule has 2 amide bonds. The summed E-state index contributed by atoms with van der Waals surface area (Å²) in [6.45, 7) is 3.91. The van der Waals surface area contributed by atoms with E-state index in [0.717, 1.165) is 16.8 Å². The molecule has 0 spiro atoms. The summed E-state index contributed by atoms with van der Waals surface area (Å²) in [7, 11) is 0. The van der Waals surface area contributed by atoms with E-state index < -0.39 is 11.1 Å². The topological polar surface area (TPSA) is 70.6 Å². The second kappa shape index (κ2) is 8.10. The lowest BCUT2D eigenvalue weighted by atomic mass is 10.1. The van der Waals surface area contributed by atoms with Crippen LogP contribution in [-0.2, 0) is 9.59 Å². The predicted molar refractivity (Wildman–Crippen MR) is 107 cm³/mol. The summed E-state index contributed by atoms with van der Waals surface area (Å²) in [5.41, 5.74) is 3.23. The summed E-state index contributed by atoms with van der Waals surface area (Å²) in [5.74, 6) is -1.19. The van der Waals surface area contributed by atoms with Crippen LogP contribution in [0, 0.1) is 19.7 Å². The number of amides is 2. The van der Waals surface area contributed by atoms with E-state index >= 15 is 0 Å². The maximum atomic E-state index is 13.2. The number of rotatable bonds is 4. The molecule has 5 nitrogen and oxygen atoms in total. The Bertz CT molecular complexity index is 949. The van der Waals surface area contributed by atoms with Crippen molar-refractivity contribution in [3.8, 4) is 0 Å². The number of amidine groups is 1. The van der Waals surface area contributed by atoms with Crippen molar-refractivity contribution in [3.63, 3.8) is 0 Å². The van der Waals surface area contributed by atoms with Gasteiger partial charge in [-0.2, -0.15) is 0 Å².